The van der Waals surface area contributed by atoms with Gasteiger partial charge in [0, 0.05) is 25.0 Å². The molecule has 0 radical (unpaired) electrons. The molecule has 7 nitrogen and oxygen atoms in total. The number of benzene rings is 2. The van der Waals surface area contributed by atoms with Crippen LogP contribution in [0, 0.1) is 0 Å². The maximum Gasteiger partial charge on any atom is 0.327 e. The predicted molar refractivity (Wildman–Crippen MR) is 123 cm³/mol. The van der Waals surface area contributed by atoms with Crippen molar-refractivity contribution in [3.05, 3.63) is 71.3 Å². The van der Waals surface area contributed by atoms with Gasteiger partial charge < -0.3 is 15.1 Å². The van der Waals surface area contributed by atoms with Gasteiger partial charge in [-0.3, -0.25) is 9.69 Å². The summed E-state index contributed by atoms with van der Waals surface area (Å²) in [5.41, 5.74) is 3.65. The minimum absolute atomic E-state index is 0.00372. The van der Waals surface area contributed by atoms with E-state index in [1.165, 1.54) is 21.6 Å². The Morgan fingerprint density at radius 2 is 1.76 bits per heavy atom. The van der Waals surface area contributed by atoms with E-state index in [-0.39, 0.29) is 42.5 Å². The number of urea groups is 2. The van der Waals surface area contributed by atoms with Crippen LogP contribution in [-0.4, -0.2) is 64.4 Å². The fourth-order valence-corrected chi connectivity index (χ4v) is 5.78. The molecule has 3 fully saturated rings. The summed E-state index contributed by atoms with van der Waals surface area (Å²) in [6.45, 7) is 1.09. The molecule has 4 aliphatic rings. The molecule has 2 aromatic carbocycles. The van der Waals surface area contributed by atoms with Gasteiger partial charge in [0.05, 0.1) is 12.6 Å². The Kier molecular flexibility index (Phi) is 4.85. The van der Waals surface area contributed by atoms with Crippen LogP contribution in [0.2, 0.25) is 0 Å². The Hall–Kier alpha value is -3.35. The molecule has 1 saturated carbocycles. The van der Waals surface area contributed by atoms with Crippen molar-refractivity contribution in [1.29, 1.82) is 0 Å². The molecule has 170 valence electrons. The summed E-state index contributed by atoms with van der Waals surface area (Å²) < 4.78 is 0. The van der Waals surface area contributed by atoms with Crippen LogP contribution in [0.5, 0.6) is 0 Å². The van der Waals surface area contributed by atoms with Crippen LogP contribution in [-0.2, 0) is 11.2 Å². The zero-order valence-corrected chi connectivity index (χ0v) is 18.5. The molecule has 2 heterocycles. The number of fused-ring (bicyclic) bond motifs is 2. The van der Waals surface area contributed by atoms with E-state index in [0.29, 0.717) is 13.1 Å². The molecular formula is C26H28N4O3. The van der Waals surface area contributed by atoms with Gasteiger partial charge in [-0.1, -0.05) is 54.6 Å². The van der Waals surface area contributed by atoms with E-state index < -0.39 is 6.04 Å². The van der Waals surface area contributed by atoms with Crippen LogP contribution in [0.15, 0.2) is 54.6 Å². The third-order valence-corrected chi connectivity index (χ3v) is 7.63. The number of piperazine rings is 1. The quantitative estimate of drug-likeness (QED) is 0.739. The average Bonchev–Trinajstić information content (AvgIpc) is 3.60. The highest BCUT2D eigenvalue weighted by atomic mass is 16.2. The van der Waals surface area contributed by atoms with E-state index in [9.17, 15) is 14.4 Å². The molecule has 4 atom stereocenters. The zero-order valence-electron chi connectivity index (χ0n) is 18.5. The second-order valence-electron chi connectivity index (χ2n) is 9.56. The number of rotatable bonds is 3. The predicted octanol–water partition coefficient (Wildman–Crippen LogP) is 3.28. The summed E-state index contributed by atoms with van der Waals surface area (Å²) in [4.78, 5) is 44.2. The molecule has 2 aromatic rings. The molecule has 1 N–H and O–H groups in total. The number of imide groups is 1. The first kappa shape index (κ1) is 20.3. The normalized spacial score (nSPS) is 28.4. The average molecular weight is 445 g/mol. The molecule has 7 heteroatoms. The lowest BCUT2D eigenvalue weighted by molar-refractivity contribution is -0.129. The lowest BCUT2D eigenvalue weighted by Crippen LogP contribution is -2.57. The first-order valence-corrected chi connectivity index (χ1v) is 11.9. The van der Waals surface area contributed by atoms with Crippen molar-refractivity contribution in [3.63, 3.8) is 0 Å². The van der Waals surface area contributed by atoms with E-state index in [2.05, 4.69) is 29.6 Å². The standard InChI is InChI=1S/C26H28N4O3/c31-24-23-16-28(25(32)27-21-12-6-10-17-9-4-5-11-19(17)21)13-14-29(23)26(33)30(24)22-15-20(22)18-7-2-1-3-8-18/h1-5,7-9,11,20-23H,6,10,12-16H2,(H,27,32)/t20-,21?,22+,23+/m1/s1. The molecule has 5 amide bonds. The van der Waals surface area contributed by atoms with Crippen LogP contribution in [0.1, 0.15) is 47.9 Å². The summed E-state index contributed by atoms with van der Waals surface area (Å²) in [7, 11) is 0. The Balaban J connectivity index is 1.13. The van der Waals surface area contributed by atoms with Crippen molar-refractivity contribution in [1.82, 2.24) is 20.0 Å². The monoisotopic (exact) mass is 444 g/mol. The number of hydrogen-bond acceptors (Lipinski definition) is 3. The molecule has 33 heavy (non-hydrogen) atoms. The van der Waals surface area contributed by atoms with Crippen LogP contribution in [0.4, 0.5) is 9.59 Å². The first-order valence-electron chi connectivity index (χ1n) is 11.9. The highest BCUT2D eigenvalue weighted by Crippen LogP contribution is 2.46. The second-order valence-corrected chi connectivity index (χ2v) is 9.56. The fourth-order valence-electron chi connectivity index (χ4n) is 5.78. The largest absolute Gasteiger partial charge is 0.331 e. The van der Waals surface area contributed by atoms with Gasteiger partial charge in [-0.15, -0.1) is 0 Å². The van der Waals surface area contributed by atoms with Crippen molar-refractivity contribution in [3.8, 4) is 0 Å². The molecule has 0 aromatic heterocycles. The van der Waals surface area contributed by atoms with Crippen molar-refractivity contribution in [2.24, 2.45) is 0 Å². The van der Waals surface area contributed by atoms with Crippen LogP contribution in [0.3, 0.4) is 0 Å². The first-order chi connectivity index (χ1) is 16.1. The highest BCUT2D eigenvalue weighted by molar-refractivity contribution is 6.05. The van der Waals surface area contributed by atoms with Crippen molar-refractivity contribution < 1.29 is 14.4 Å². The van der Waals surface area contributed by atoms with Crippen LogP contribution >= 0.6 is 0 Å². The Labute approximate surface area is 193 Å². The van der Waals surface area contributed by atoms with Crippen molar-refractivity contribution >= 4 is 18.0 Å². The molecule has 6 rings (SSSR count). The Bertz CT molecular complexity index is 1100. The van der Waals surface area contributed by atoms with Crippen LogP contribution in [0.25, 0.3) is 0 Å². The molecule has 1 unspecified atom stereocenters. The zero-order chi connectivity index (χ0) is 22.5. The number of carbonyl (C=O) groups excluding carboxylic acids is 3. The topological polar surface area (TPSA) is 73.0 Å². The maximum atomic E-state index is 13.2. The maximum absolute atomic E-state index is 13.2. The number of nitrogens with one attached hydrogen (secondary N) is 1. The Morgan fingerprint density at radius 1 is 0.970 bits per heavy atom. The second kappa shape index (κ2) is 7.90. The highest BCUT2D eigenvalue weighted by Gasteiger charge is 2.56. The third-order valence-electron chi connectivity index (χ3n) is 7.63. The summed E-state index contributed by atoms with van der Waals surface area (Å²) in [6.07, 6.45) is 3.82. The van der Waals surface area contributed by atoms with E-state index >= 15 is 0 Å². The summed E-state index contributed by atoms with van der Waals surface area (Å²) >= 11 is 0. The lowest BCUT2D eigenvalue weighted by atomic mass is 9.88. The number of hydrogen-bond donors (Lipinski definition) is 1. The van der Waals surface area contributed by atoms with Gasteiger partial charge in [0.1, 0.15) is 6.04 Å². The third kappa shape index (κ3) is 3.46. The molecular weight excluding hydrogens is 416 g/mol. The SMILES string of the molecule is O=C(NC1CCCc2ccccc21)N1CCN2C(=O)N([C@H]3C[C@@H]3c3ccccc3)C(=O)[C@@H]2C1. The number of nitrogens with zero attached hydrogens (tertiary/aromatic N) is 3. The minimum Gasteiger partial charge on any atom is -0.331 e. The van der Waals surface area contributed by atoms with Gasteiger partial charge in [0.25, 0.3) is 5.91 Å². The van der Waals surface area contributed by atoms with Gasteiger partial charge in [0.2, 0.25) is 0 Å². The summed E-state index contributed by atoms with van der Waals surface area (Å²) in [5.74, 6) is 0.0511. The molecule has 2 aliphatic heterocycles. The number of carbonyl (C=O) groups is 3. The van der Waals surface area contributed by atoms with Crippen molar-refractivity contribution in [2.45, 2.75) is 49.7 Å². The van der Waals surface area contributed by atoms with E-state index in [1.54, 1.807) is 9.80 Å². The van der Waals surface area contributed by atoms with Gasteiger partial charge in [-0.2, -0.15) is 0 Å². The number of aryl methyl sites for hydroxylation is 1. The fraction of sp³-hybridized carbons (Fsp3) is 0.423. The van der Waals surface area contributed by atoms with E-state index in [4.69, 9.17) is 0 Å². The Morgan fingerprint density at radius 3 is 2.61 bits per heavy atom. The van der Waals surface area contributed by atoms with Gasteiger partial charge in [-0.25, -0.2) is 9.59 Å². The van der Waals surface area contributed by atoms with E-state index in [1.807, 2.05) is 30.3 Å². The van der Waals surface area contributed by atoms with Crippen LogP contribution < -0.4 is 5.32 Å². The lowest BCUT2D eigenvalue weighted by Gasteiger charge is -2.36. The van der Waals surface area contributed by atoms with Gasteiger partial charge in [-0.05, 0) is 42.4 Å². The van der Waals surface area contributed by atoms with Crippen molar-refractivity contribution in [2.75, 3.05) is 19.6 Å². The molecule has 2 aliphatic carbocycles. The molecule has 0 spiro atoms. The smallest absolute Gasteiger partial charge is 0.327 e. The molecule has 0 bridgehead atoms. The van der Waals surface area contributed by atoms with Gasteiger partial charge in [0.15, 0.2) is 0 Å². The minimum atomic E-state index is -0.576. The number of amides is 5. The van der Waals surface area contributed by atoms with Gasteiger partial charge >= 0.3 is 12.1 Å². The summed E-state index contributed by atoms with van der Waals surface area (Å²) in [6, 6.07) is 17.3. The molecule has 2 saturated heterocycles. The summed E-state index contributed by atoms with van der Waals surface area (Å²) in [5, 5.41) is 3.18. The van der Waals surface area contributed by atoms with E-state index in [0.717, 1.165) is 25.7 Å².